The largest absolute Gasteiger partial charge is 0.444 e. The average Bonchev–Trinajstić information content (AvgIpc) is 2.82. The molecule has 0 saturated carbocycles. The molecule has 1 aromatic heterocycles. The van der Waals surface area contributed by atoms with Gasteiger partial charge in [0.2, 0.25) is 0 Å². The Kier molecular flexibility index (Phi) is 4.90. The monoisotopic (exact) mass is 327 g/mol. The summed E-state index contributed by atoms with van der Waals surface area (Å²) >= 11 is 7.74. The summed E-state index contributed by atoms with van der Waals surface area (Å²) in [4.78, 5) is 15.8. The third-order valence-electron chi connectivity index (χ3n) is 2.55. The van der Waals surface area contributed by atoms with Crippen LogP contribution in [0.5, 0.6) is 0 Å². The second-order valence-electron chi connectivity index (χ2n) is 5.48. The molecule has 1 amide bonds. The van der Waals surface area contributed by atoms with Gasteiger partial charge in [-0.1, -0.05) is 11.6 Å². The minimum absolute atomic E-state index is 0.428. The smallest absolute Gasteiger partial charge is 0.407 e. The van der Waals surface area contributed by atoms with Crippen molar-refractivity contribution < 1.29 is 9.53 Å². The van der Waals surface area contributed by atoms with Crippen molar-refractivity contribution in [2.75, 3.05) is 18.4 Å². The highest BCUT2D eigenvalue weighted by molar-refractivity contribution is 7.16. The zero-order valence-electron chi connectivity index (χ0n) is 12.2. The van der Waals surface area contributed by atoms with Gasteiger partial charge < -0.3 is 15.4 Å². The molecule has 0 aliphatic carbocycles. The lowest BCUT2D eigenvalue weighted by atomic mass is 10.2. The Bertz CT molecular complexity index is 637. The average molecular weight is 328 g/mol. The van der Waals surface area contributed by atoms with Crippen molar-refractivity contribution in [1.29, 1.82) is 0 Å². The number of benzene rings is 1. The molecule has 0 aliphatic heterocycles. The van der Waals surface area contributed by atoms with Crippen LogP contribution in [0.2, 0.25) is 5.02 Å². The number of nitrogens with zero attached hydrogens (tertiary/aromatic N) is 1. The van der Waals surface area contributed by atoms with Crippen molar-refractivity contribution in [3.63, 3.8) is 0 Å². The molecule has 2 rings (SSSR count). The Hall–Kier alpha value is -1.53. The second kappa shape index (κ2) is 6.49. The molecule has 0 saturated heterocycles. The summed E-state index contributed by atoms with van der Waals surface area (Å²) in [5.41, 5.74) is 2.93. The van der Waals surface area contributed by atoms with Crippen molar-refractivity contribution in [2.45, 2.75) is 26.4 Å². The van der Waals surface area contributed by atoms with Gasteiger partial charge in [-0.2, -0.15) is 0 Å². The molecule has 1 heterocycles. The fraction of sp³-hybridized carbons (Fsp3) is 0.429. The molecule has 0 atom stereocenters. The van der Waals surface area contributed by atoms with Gasteiger partial charge in [-0.15, -0.1) is 11.3 Å². The van der Waals surface area contributed by atoms with E-state index in [4.69, 9.17) is 16.3 Å². The Balaban J connectivity index is 1.87. The SMILES string of the molecule is CC(C)(C)OC(=O)NCCNc1c(Cl)ccc2scnc12. The number of hydrogen-bond donors (Lipinski definition) is 2. The Morgan fingerprint density at radius 2 is 2.14 bits per heavy atom. The number of halogens is 1. The highest BCUT2D eigenvalue weighted by Gasteiger charge is 2.15. The number of rotatable bonds is 4. The highest BCUT2D eigenvalue weighted by Crippen LogP contribution is 2.31. The van der Waals surface area contributed by atoms with Gasteiger partial charge in [0, 0.05) is 13.1 Å². The van der Waals surface area contributed by atoms with Crippen LogP contribution < -0.4 is 10.6 Å². The predicted octanol–water partition coefficient (Wildman–Crippen LogP) is 3.89. The summed E-state index contributed by atoms with van der Waals surface area (Å²) in [5, 5.41) is 6.50. The molecule has 0 fully saturated rings. The van der Waals surface area contributed by atoms with E-state index in [0.29, 0.717) is 18.1 Å². The molecule has 7 heteroatoms. The molecule has 2 N–H and O–H groups in total. The number of anilines is 1. The van der Waals surface area contributed by atoms with E-state index in [0.717, 1.165) is 15.9 Å². The number of aromatic nitrogens is 1. The molecule has 0 unspecified atom stereocenters. The number of amides is 1. The summed E-state index contributed by atoms with van der Waals surface area (Å²) in [6.45, 7) is 6.45. The maximum absolute atomic E-state index is 11.5. The number of carbonyl (C=O) groups is 1. The Morgan fingerprint density at radius 1 is 1.38 bits per heavy atom. The molecule has 21 heavy (non-hydrogen) atoms. The molecule has 5 nitrogen and oxygen atoms in total. The van der Waals surface area contributed by atoms with E-state index in [1.54, 1.807) is 16.8 Å². The first-order valence-electron chi connectivity index (χ1n) is 6.59. The minimum Gasteiger partial charge on any atom is -0.444 e. The topological polar surface area (TPSA) is 63.2 Å². The molecule has 0 radical (unpaired) electrons. The maximum Gasteiger partial charge on any atom is 0.407 e. The van der Waals surface area contributed by atoms with Gasteiger partial charge in [0.15, 0.2) is 0 Å². The number of nitrogens with one attached hydrogen (secondary N) is 2. The van der Waals surface area contributed by atoms with Crippen molar-refractivity contribution in [1.82, 2.24) is 10.3 Å². The number of fused-ring (bicyclic) bond motifs is 1. The van der Waals surface area contributed by atoms with E-state index in [9.17, 15) is 4.79 Å². The standard InChI is InChI=1S/C14H18ClN3O2S/c1-14(2,3)20-13(19)17-7-6-16-11-9(15)4-5-10-12(11)18-8-21-10/h4-5,8,16H,6-7H2,1-3H3,(H,17,19). The van der Waals surface area contributed by atoms with Crippen LogP contribution in [-0.4, -0.2) is 29.8 Å². The van der Waals surface area contributed by atoms with E-state index in [-0.39, 0.29) is 0 Å². The molecular formula is C14H18ClN3O2S. The van der Waals surface area contributed by atoms with Gasteiger partial charge >= 0.3 is 6.09 Å². The minimum atomic E-state index is -0.493. The Morgan fingerprint density at radius 3 is 2.86 bits per heavy atom. The van der Waals surface area contributed by atoms with Crippen LogP contribution in [0.4, 0.5) is 10.5 Å². The van der Waals surface area contributed by atoms with Gasteiger partial charge in [-0.05, 0) is 32.9 Å². The summed E-state index contributed by atoms with van der Waals surface area (Å²) in [5.74, 6) is 0. The number of carbonyl (C=O) groups excluding carboxylic acids is 1. The van der Waals surface area contributed by atoms with Crippen LogP contribution in [0.3, 0.4) is 0 Å². The van der Waals surface area contributed by atoms with Crippen LogP contribution in [0.25, 0.3) is 10.2 Å². The predicted molar refractivity (Wildman–Crippen MR) is 87.4 cm³/mol. The van der Waals surface area contributed by atoms with Crippen molar-refractivity contribution >= 4 is 44.9 Å². The Labute approximate surface area is 132 Å². The van der Waals surface area contributed by atoms with Gasteiger partial charge in [-0.3, -0.25) is 0 Å². The zero-order valence-corrected chi connectivity index (χ0v) is 13.8. The van der Waals surface area contributed by atoms with Crippen LogP contribution in [0.15, 0.2) is 17.6 Å². The molecular weight excluding hydrogens is 310 g/mol. The lowest BCUT2D eigenvalue weighted by molar-refractivity contribution is 0.0530. The number of alkyl carbamates (subject to hydrolysis) is 1. The third kappa shape index (κ3) is 4.47. The van der Waals surface area contributed by atoms with Crippen LogP contribution in [0.1, 0.15) is 20.8 Å². The first-order valence-corrected chi connectivity index (χ1v) is 7.85. The van der Waals surface area contributed by atoms with Gasteiger partial charge in [0.05, 0.1) is 20.9 Å². The van der Waals surface area contributed by atoms with Gasteiger partial charge in [0.1, 0.15) is 11.1 Å². The van der Waals surface area contributed by atoms with Crippen molar-refractivity contribution in [2.24, 2.45) is 0 Å². The first kappa shape index (κ1) is 15.9. The number of thiazole rings is 1. The number of hydrogen-bond acceptors (Lipinski definition) is 5. The fourth-order valence-corrected chi connectivity index (χ4v) is 2.64. The van der Waals surface area contributed by atoms with Crippen LogP contribution in [0, 0.1) is 0 Å². The zero-order chi connectivity index (χ0) is 15.5. The summed E-state index contributed by atoms with van der Waals surface area (Å²) in [6, 6.07) is 3.78. The lowest BCUT2D eigenvalue weighted by Crippen LogP contribution is -2.35. The van der Waals surface area contributed by atoms with E-state index in [2.05, 4.69) is 15.6 Å². The van der Waals surface area contributed by atoms with Gasteiger partial charge in [-0.25, -0.2) is 9.78 Å². The molecule has 0 spiro atoms. The van der Waals surface area contributed by atoms with Crippen LogP contribution >= 0.6 is 22.9 Å². The molecule has 0 bridgehead atoms. The highest BCUT2D eigenvalue weighted by atomic mass is 35.5. The summed E-state index contributed by atoms with van der Waals surface area (Å²) < 4.78 is 6.23. The molecule has 114 valence electrons. The molecule has 2 aromatic rings. The first-order chi connectivity index (χ1) is 9.87. The van der Waals surface area contributed by atoms with Gasteiger partial charge in [0.25, 0.3) is 0 Å². The number of ether oxygens (including phenoxy) is 1. The van der Waals surface area contributed by atoms with Crippen molar-refractivity contribution in [3.8, 4) is 0 Å². The fourth-order valence-electron chi connectivity index (χ4n) is 1.74. The summed E-state index contributed by atoms with van der Waals surface area (Å²) in [7, 11) is 0. The van der Waals surface area contributed by atoms with Crippen molar-refractivity contribution in [3.05, 3.63) is 22.7 Å². The summed E-state index contributed by atoms with van der Waals surface area (Å²) in [6.07, 6.45) is -0.428. The maximum atomic E-state index is 11.5. The van der Waals surface area contributed by atoms with Crippen LogP contribution in [-0.2, 0) is 4.74 Å². The van der Waals surface area contributed by atoms with E-state index in [1.165, 1.54) is 0 Å². The second-order valence-corrected chi connectivity index (χ2v) is 6.77. The van der Waals surface area contributed by atoms with E-state index >= 15 is 0 Å². The molecule has 0 aliphatic rings. The molecule has 1 aromatic carbocycles. The lowest BCUT2D eigenvalue weighted by Gasteiger charge is -2.19. The van der Waals surface area contributed by atoms with E-state index in [1.807, 2.05) is 32.9 Å². The normalized spacial score (nSPS) is 11.4. The quantitative estimate of drug-likeness (QED) is 0.836. The third-order valence-corrected chi connectivity index (χ3v) is 3.66. The van der Waals surface area contributed by atoms with E-state index < -0.39 is 11.7 Å².